The number of para-hydroxylation sites is 1. The number of phenolic OH excluding ortho intramolecular Hbond substituents is 1. The molecule has 6 nitrogen and oxygen atoms in total. The molecule has 36 heavy (non-hydrogen) atoms. The van der Waals surface area contributed by atoms with E-state index >= 15 is 0 Å². The van der Waals surface area contributed by atoms with E-state index < -0.39 is 6.04 Å². The van der Waals surface area contributed by atoms with Gasteiger partial charge in [0.2, 0.25) is 0 Å². The number of thiazole rings is 1. The van der Waals surface area contributed by atoms with E-state index in [9.17, 15) is 14.7 Å². The molecule has 0 saturated heterocycles. The molecule has 1 aromatic heterocycles. The molecule has 0 aliphatic carbocycles. The first-order chi connectivity index (χ1) is 17.3. The number of hydrogen-bond acceptors (Lipinski definition) is 5. The fourth-order valence-corrected chi connectivity index (χ4v) is 5.67. The Morgan fingerprint density at radius 3 is 2.44 bits per heavy atom. The lowest BCUT2D eigenvalue weighted by atomic mass is 9.95. The number of nitrogens with one attached hydrogen (secondary N) is 1. The van der Waals surface area contributed by atoms with Gasteiger partial charge in [-0.15, -0.1) is 0 Å². The van der Waals surface area contributed by atoms with Gasteiger partial charge in [0.15, 0.2) is 4.80 Å². The van der Waals surface area contributed by atoms with Crippen LogP contribution < -0.4 is 20.2 Å². The van der Waals surface area contributed by atoms with Gasteiger partial charge in [0.25, 0.3) is 11.5 Å². The molecular formula is C27H19Cl2N3O3S. The van der Waals surface area contributed by atoms with E-state index in [4.69, 9.17) is 23.2 Å². The summed E-state index contributed by atoms with van der Waals surface area (Å²) in [5.41, 5.74) is 2.26. The molecule has 3 aromatic carbocycles. The normalized spacial score (nSPS) is 15.4. The molecular weight excluding hydrogens is 517 g/mol. The van der Waals surface area contributed by atoms with E-state index in [1.807, 2.05) is 48.5 Å². The van der Waals surface area contributed by atoms with Crippen molar-refractivity contribution in [3.63, 3.8) is 0 Å². The average molecular weight is 536 g/mol. The summed E-state index contributed by atoms with van der Waals surface area (Å²) in [5.74, 6) is -0.518. The fourth-order valence-electron chi connectivity index (χ4n) is 4.12. The van der Waals surface area contributed by atoms with Crippen LogP contribution in [0.4, 0.5) is 5.69 Å². The first-order valence-corrected chi connectivity index (χ1v) is 12.5. The van der Waals surface area contributed by atoms with Crippen LogP contribution in [0.1, 0.15) is 24.1 Å². The van der Waals surface area contributed by atoms with Gasteiger partial charge in [-0.1, -0.05) is 83.1 Å². The van der Waals surface area contributed by atoms with Crippen molar-refractivity contribution in [2.24, 2.45) is 4.99 Å². The molecule has 4 aromatic rings. The maximum absolute atomic E-state index is 13.7. The second-order valence-electron chi connectivity index (χ2n) is 8.14. The Balaban J connectivity index is 1.69. The number of allylic oxidation sites excluding steroid dienone is 1. The summed E-state index contributed by atoms with van der Waals surface area (Å²) in [6.07, 6.45) is 1.53. The zero-order valence-corrected chi connectivity index (χ0v) is 21.2. The number of aromatic hydroxyl groups is 1. The Morgan fingerprint density at radius 2 is 1.75 bits per heavy atom. The summed E-state index contributed by atoms with van der Waals surface area (Å²) in [6, 6.07) is 20.7. The second kappa shape index (κ2) is 9.78. The standard InChI is InChI=1S/C27H19Cl2N3O3S/c1-15-22(25(34)31-19-10-6-3-7-11-19)23(16-8-4-2-5-9-16)32-26(35)21(36-27(32)30-15)13-17-12-18(28)14-20(29)24(17)33/h2-14,23,33H,1H3,(H,31,34)/t23-/m1/s1. The van der Waals surface area contributed by atoms with Crippen molar-refractivity contribution >= 4 is 52.2 Å². The third kappa shape index (κ3) is 4.48. The molecule has 180 valence electrons. The van der Waals surface area contributed by atoms with Crippen LogP contribution in [0.2, 0.25) is 10.0 Å². The SMILES string of the molecule is CC1=C(C(=O)Nc2ccccc2)[C@@H](c2ccccc2)n2c(sc(=Cc3cc(Cl)cc(Cl)c3O)c2=O)=N1. The quantitative estimate of drug-likeness (QED) is 0.390. The molecule has 1 atom stereocenters. The number of carbonyl (C=O) groups excluding carboxylic acids is 1. The number of hydrogen-bond donors (Lipinski definition) is 2. The molecule has 0 bridgehead atoms. The van der Waals surface area contributed by atoms with Crippen molar-refractivity contribution in [3.05, 3.63) is 125 Å². The number of fused-ring (bicyclic) bond motifs is 1. The maximum atomic E-state index is 13.7. The molecule has 0 unspecified atom stereocenters. The number of halogens is 2. The van der Waals surface area contributed by atoms with Gasteiger partial charge in [0.05, 0.1) is 26.9 Å². The molecule has 1 amide bonds. The molecule has 0 fully saturated rings. The number of amides is 1. The Labute approximate surface area is 220 Å². The highest BCUT2D eigenvalue weighted by atomic mass is 35.5. The van der Waals surface area contributed by atoms with Crippen LogP contribution in [-0.2, 0) is 4.79 Å². The number of nitrogens with zero attached hydrogens (tertiary/aromatic N) is 2. The third-order valence-corrected chi connectivity index (χ3v) is 7.25. The van der Waals surface area contributed by atoms with Gasteiger partial charge < -0.3 is 10.4 Å². The Morgan fingerprint density at radius 1 is 1.08 bits per heavy atom. The van der Waals surface area contributed by atoms with Crippen LogP contribution in [0.5, 0.6) is 5.75 Å². The molecule has 0 spiro atoms. The number of aromatic nitrogens is 1. The summed E-state index contributed by atoms with van der Waals surface area (Å²) in [5, 5.41) is 13.7. The zero-order valence-electron chi connectivity index (χ0n) is 18.9. The van der Waals surface area contributed by atoms with E-state index in [1.165, 1.54) is 22.8 Å². The monoisotopic (exact) mass is 535 g/mol. The van der Waals surface area contributed by atoms with Gasteiger partial charge in [0, 0.05) is 16.3 Å². The van der Waals surface area contributed by atoms with Crippen LogP contribution in [0, 0.1) is 0 Å². The highest BCUT2D eigenvalue weighted by Gasteiger charge is 2.32. The summed E-state index contributed by atoms with van der Waals surface area (Å²) < 4.78 is 1.84. The molecule has 5 rings (SSSR count). The largest absolute Gasteiger partial charge is 0.506 e. The van der Waals surface area contributed by atoms with E-state index in [0.717, 1.165) is 16.9 Å². The number of benzene rings is 3. The number of anilines is 1. The van der Waals surface area contributed by atoms with Crippen molar-refractivity contribution in [2.75, 3.05) is 5.32 Å². The van der Waals surface area contributed by atoms with Gasteiger partial charge >= 0.3 is 0 Å². The minimum Gasteiger partial charge on any atom is -0.506 e. The summed E-state index contributed by atoms with van der Waals surface area (Å²) >= 11 is 13.3. The maximum Gasteiger partial charge on any atom is 0.271 e. The minimum atomic E-state index is -0.690. The van der Waals surface area contributed by atoms with Crippen molar-refractivity contribution in [2.45, 2.75) is 13.0 Å². The molecule has 2 N–H and O–H groups in total. The van der Waals surface area contributed by atoms with Gasteiger partial charge in [-0.25, -0.2) is 4.99 Å². The Hall–Kier alpha value is -3.65. The smallest absolute Gasteiger partial charge is 0.271 e. The average Bonchev–Trinajstić information content (AvgIpc) is 3.16. The Bertz CT molecular complexity index is 1690. The fraction of sp³-hybridized carbons (Fsp3) is 0.0741. The Kier molecular flexibility index (Phi) is 6.53. The van der Waals surface area contributed by atoms with E-state index in [-0.39, 0.29) is 22.2 Å². The molecule has 2 heterocycles. The first kappa shape index (κ1) is 24.1. The topological polar surface area (TPSA) is 83.7 Å². The second-order valence-corrected chi connectivity index (χ2v) is 9.99. The van der Waals surface area contributed by atoms with Crippen LogP contribution in [0.25, 0.3) is 6.08 Å². The van der Waals surface area contributed by atoms with Crippen molar-refractivity contribution in [1.82, 2.24) is 4.57 Å². The van der Waals surface area contributed by atoms with Crippen LogP contribution in [0.15, 0.2) is 93.9 Å². The van der Waals surface area contributed by atoms with Gasteiger partial charge in [0.1, 0.15) is 5.75 Å². The predicted molar refractivity (Wildman–Crippen MR) is 143 cm³/mol. The molecule has 0 saturated carbocycles. The van der Waals surface area contributed by atoms with Crippen LogP contribution in [-0.4, -0.2) is 15.6 Å². The highest BCUT2D eigenvalue weighted by Crippen LogP contribution is 2.32. The summed E-state index contributed by atoms with van der Waals surface area (Å²) in [6.45, 7) is 1.76. The molecule has 9 heteroatoms. The number of rotatable bonds is 4. The van der Waals surface area contributed by atoms with Crippen LogP contribution >= 0.6 is 34.5 Å². The van der Waals surface area contributed by atoms with E-state index in [0.29, 0.717) is 36.9 Å². The first-order valence-electron chi connectivity index (χ1n) is 11.0. The van der Waals surface area contributed by atoms with Gasteiger partial charge in [-0.2, -0.15) is 0 Å². The molecule has 1 aliphatic rings. The summed E-state index contributed by atoms with van der Waals surface area (Å²) in [7, 11) is 0. The van der Waals surface area contributed by atoms with Crippen molar-refractivity contribution in [3.8, 4) is 5.75 Å². The molecule has 1 aliphatic heterocycles. The van der Waals surface area contributed by atoms with Crippen molar-refractivity contribution in [1.29, 1.82) is 0 Å². The predicted octanol–water partition coefficient (Wildman–Crippen LogP) is 4.89. The van der Waals surface area contributed by atoms with E-state index in [2.05, 4.69) is 10.3 Å². The lowest BCUT2D eigenvalue weighted by molar-refractivity contribution is -0.113. The molecule has 0 radical (unpaired) electrons. The van der Waals surface area contributed by atoms with Crippen molar-refractivity contribution < 1.29 is 9.90 Å². The lowest BCUT2D eigenvalue weighted by Crippen LogP contribution is -2.40. The van der Waals surface area contributed by atoms with Crippen LogP contribution in [0.3, 0.4) is 0 Å². The minimum absolute atomic E-state index is 0.0828. The highest BCUT2D eigenvalue weighted by molar-refractivity contribution is 7.07. The van der Waals surface area contributed by atoms with E-state index in [1.54, 1.807) is 19.1 Å². The number of carbonyl (C=O) groups is 1. The summed E-state index contributed by atoms with van der Waals surface area (Å²) in [4.78, 5) is 32.2. The lowest BCUT2D eigenvalue weighted by Gasteiger charge is -2.25. The third-order valence-electron chi connectivity index (χ3n) is 5.76. The zero-order chi connectivity index (χ0) is 25.4. The number of phenols is 1. The van der Waals surface area contributed by atoms with Gasteiger partial charge in [-0.3, -0.25) is 14.2 Å². The van der Waals surface area contributed by atoms with Gasteiger partial charge in [-0.05, 0) is 42.8 Å².